The van der Waals surface area contributed by atoms with Gasteiger partial charge < -0.3 is 10.6 Å². The van der Waals surface area contributed by atoms with Gasteiger partial charge in [-0.05, 0) is 46.5 Å². The summed E-state index contributed by atoms with van der Waals surface area (Å²) in [5.41, 5.74) is 7.52. The third kappa shape index (κ3) is 5.30. The molecule has 0 heterocycles. The number of rotatable bonds is 8. The first-order chi connectivity index (χ1) is 14.8. The second-order valence-corrected chi connectivity index (χ2v) is 7.64. The predicted molar refractivity (Wildman–Crippen MR) is 128 cm³/mol. The Kier molecular flexibility index (Phi) is 6.46. The molecule has 0 amide bonds. The molecule has 4 aromatic carbocycles. The molecule has 0 aliphatic rings. The maximum absolute atomic E-state index is 3.49. The molecule has 2 nitrogen and oxygen atoms in total. The molecule has 30 heavy (non-hydrogen) atoms. The molecule has 0 saturated carbocycles. The first kappa shape index (κ1) is 19.8. The van der Waals surface area contributed by atoms with Gasteiger partial charge in [0, 0.05) is 30.4 Å². The molecule has 2 heteroatoms. The molecule has 0 aromatic heterocycles. The van der Waals surface area contributed by atoms with E-state index in [4.69, 9.17) is 0 Å². The van der Waals surface area contributed by atoms with Gasteiger partial charge in [0.15, 0.2) is 0 Å². The van der Waals surface area contributed by atoms with Crippen LogP contribution in [0.15, 0.2) is 109 Å². The summed E-state index contributed by atoms with van der Waals surface area (Å²) in [7, 11) is 0. The van der Waals surface area contributed by atoms with Crippen LogP contribution < -0.4 is 10.6 Å². The third-order valence-corrected chi connectivity index (χ3v) is 5.50. The molecule has 0 spiro atoms. The smallest absolute Gasteiger partial charge is 0.0400 e. The summed E-state index contributed by atoms with van der Waals surface area (Å²) in [4.78, 5) is 0. The number of anilines is 2. The van der Waals surface area contributed by atoms with Crippen molar-refractivity contribution in [2.45, 2.75) is 25.9 Å². The molecule has 2 N–H and O–H groups in total. The summed E-state index contributed by atoms with van der Waals surface area (Å²) >= 11 is 0. The summed E-state index contributed by atoms with van der Waals surface area (Å²) in [6, 6.07) is 38.5. The van der Waals surface area contributed by atoms with E-state index in [0.29, 0.717) is 5.92 Å². The van der Waals surface area contributed by atoms with Crippen molar-refractivity contribution in [1.29, 1.82) is 0 Å². The molecular formula is C28H28N2. The van der Waals surface area contributed by atoms with Crippen molar-refractivity contribution in [3.05, 3.63) is 131 Å². The summed E-state index contributed by atoms with van der Waals surface area (Å²) in [6.45, 7) is 3.94. The second kappa shape index (κ2) is 9.80. The Morgan fingerprint density at radius 1 is 0.500 bits per heavy atom. The van der Waals surface area contributed by atoms with Crippen LogP contribution in [-0.2, 0) is 13.1 Å². The van der Waals surface area contributed by atoms with E-state index in [-0.39, 0.29) is 0 Å². The van der Waals surface area contributed by atoms with E-state index in [1.54, 1.807) is 0 Å². The van der Waals surface area contributed by atoms with Crippen molar-refractivity contribution in [1.82, 2.24) is 0 Å². The first-order valence-corrected chi connectivity index (χ1v) is 10.5. The quantitative estimate of drug-likeness (QED) is 0.335. The lowest BCUT2D eigenvalue weighted by atomic mass is 9.93. The number of nitrogens with one attached hydrogen (secondary N) is 2. The maximum atomic E-state index is 3.49. The Morgan fingerprint density at radius 2 is 0.867 bits per heavy atom. The summed E-state index contributed by atoms with van der Waals surface area (Å²) in [5, 5.41) is 6.99. The Labute approximate surface area is 179 Å². The standard InChI is InChI=1S/C28H28N2/c1-22(25-12-16-27(17-13-25)29-20-23-8-4-2-5-9-23)26-14-18-28(19-15-26)30-21-24-10-6-3-7-11-24/h2-19,22,29-30H,20-21H2,1H3. The Hall–Kier alpha value is -3.52. The molecule has 0 aliphatic carbocycles. The van der Waals surface area contributed by atoms with Crippen LogP contribution in [0.2, 0.25) is 0 Å². The molecule has 0 saturated heterocycles. The van der Waals surface area contributed by atoms with Gasteiger partial charge in [-0.25, -0.2) is 0 Å². The van der Waals surface area contributed by atoms with Crippen molar-refractivity contribution in [3.8, 4) is 0 Å². The predicted octanol–water partition coefficient (Wildman–Crippen LogP) is 7.06. The Morgan fingerprint density at radius 3 is 1.23 bits per heavy atom. The van der Waals surface area contributed by atoms with Gasteiger partial charge >= 0.3 is 0 Å². The van der Waals surface area contributed by atoms with Crippen LogP contribution in [0.5, 0.6) is 0 Å². The summed E-state index contributed by atoms with van der Waals surface area (Å²) in [5.74, 6) is 0.358. The Balaban J connectivity index is 1.33. The summed E-state index contributed by atoms with van der Waals surface area (Å²) in [6.07, 6.45) is 0. The molecule has 4 rings (SSSR count). The zero-order valence-electron chi connectivity index (χ0n) is 17.4. The van der Waals surface area contributed by atoms with Crippen molar-refractivity contribution >= 4 is 11.4 Å². The number of benzene rings is 4. The van der Waals surface area contributed by atoms with E-state index in [9.17, 15) is 0 Å². The minimum atomic E-state index is 0.358. The van der Waals surface area contributed by atoms with Crippen LogP contribution in [0.3, 0.4) is 0 Å². The molecule has 0 atom stereocenters. The normalized spacial score (nSPS) is 10.7. The van der Waals surface area contributed by atoms with Crippen molar-refractivity contribution in [2.75, 3.05) is 10.6 Å². The molecule has 0 fully saturated rings. The van der Waals surface area contributed by atoms with E-state index in [0.717, 1.165) is 24.5 Å². The van der Waals surface area contributed by atoms with Gasteiger partial charge in [0.25, 0.3) is 0 Å². The van der Waals surface area contributed by atoms with Crippen LogP contribution in [0, 0.1) is 0 Å². The monoisotopic (exact) mass is 392 g/mol. The maximum Gasteiger partial charge on any atom is 0.0400 e. The van der Waals surface area contributed by atoms with Gasteiger partial charge in [0.1, 0.15) is 0 Å². The average Bonchev–Trinajstić information content (AvgIpc) is 2.83. The molecule has 4 aromatic rings. The number of hydrogen-bond donors (Lipinski definition) is 2. The van der Waals surface area contributed by atoms with Gasteiger partial charge in [-0.15, -0.1) is 0 Å². The highest BCUT2D eigenvalue weighted by atomic mass is 14.9. The summed E-state index contributed by atoms with van der Waals surface area (Å²) < 4.78 is 0. The van der Waals surface area contributed by atoms with Crippen LogP contribution in [-0.4, -0.2) is 0 Å². The lowest BCUT2D eigenvalue weighted by molar-refractivity contribution is 0.922. The van der Waals surface area contributed by atoms with E-state index >= 15 is 0 Å². The molecular weight excluding hydrogens is 364 g/mol. The van der Waals surface area contributed by atoms with Crippen LogP contribution >= 0.6 is 0 Å². The molecule has 150 valence electrons. The highest BCUT2D eigenvalue weighted by Crippen LogP contribution is 2.26. The highest BCUT2D eigenvalue weighted by molar-refractivity contribution is 5.49. The van der Waals surface area contributed by atoms with Gasteiger partial charge in [-0.1, -0.05) is 91.9 Å². The average molecular weight is 393 g/mol. The lowest BCUT2D eigenvalue weighted by Crippen LogP contribution is -2.01. The minimum absolute atomic E-state index is 0.358. The Bertz CT molecular complexity index is 936. The number of hydrogen-bond acceptors (Lipinski definition) is 2. The van der Waals surface area contributed by atoms with E-state index in [1.165, 1.54) is 22.3 Å². The minimum Gasteiger partial charge on any atom is -0.381 e. The van der Waals surface area contributed by atoms with E-state index in [1.807, 2.05) is 12.1 Å². The SMILES string of the molecule is CC(c1ccc(NCc2ccccc2)cc1)c1ccc(NCc2ccccc2)cc1. The van der Waals surface area contributed by atoms with Crippen LogP contribution in [0.1, 0.15) is 35.1 Å². The molecule has 0 aliphatic heterocycles. The van der Waals surface area contributed by atoms with Crippen molar-refractivity contribution in [2.24, 2.45) is 0 Å². The molecule has 0 bridgehead atoms. The fraction of sp³-hybridized carbons (Fsp3) is 0.143. The third-order valence-electron chi connectivity index (χ3n) is 5.50. The van der Waals surface area contributed by atoms with Crippen molar-refractivity contribution in [3.63, 3.8) is 0 Å². The molecule has 0 radical (unpaired) electrons. The fourth-order valence-electron chi connectivity index (χ4n) is 3.57. The van der Waals surface area contributed by atoms with E-state index < -0.39 is 0 Å². The van der Waals surface area contributed by atoms with Crippen molar-refractivity contribution < 1.29 is 0 Å². The fourth-order valence-corrected chi connectivity index (χ4v) is 3.57. The van der Waals surface area contributed by atoms with Gasteiger partial charge in [-0.2, -0.15) is 0 Å². The zero-order chi connectivity index (χ0) is 20.6. The van der Waals surface area contributed by atoms with Crippen LogP contribution in [0.4, 0.5) is 11.4 Å². The van der Waals surface area contributed by atoms with Gasteiger partial charge in [0.05, 0.1) is 0 Å². The van der Waals surface area contributed by atoms with Gasteiger partial charge in [-0.3, -0.25) is 0 Å². The largest absolute Gasteiger partial charge is 0.381 e. The lowest BCUT2D eigenvalue weighted by Gasteiger charge is -2.15. The topological polar surface area (TPSA) is 24.1 Å². The van der Waals surface area contributed by atoms with E-state index in [2.05, 4.69) is 115 Å². The van der Waals surface area contributed by atoms with Gasteiger partial charge in [0.2, 0.25) is 0 Å². The second-order valence-electron chi connectivity index (χ2n) is 7.64. The highest BCUT2D eigenvalue weighted by Gasteiger charge is 2.08. The zero-order valence-corrected chi connectivity index (χ0v) is 17.4. The van der Waals surface area contributed by atoms with Crippen LogP contribution in [0.25, 0.3) is 0 Å². The first-order valence-electron chi connectivity index (χ1n) is 10.5. The molecule has 0 unspecified atom stereocenters.